The van der Waals surface area contributed by atoms with Crippen LogP contribution >= 0.6 is 11.8 Å². The molecule has 2 aliphatic rings. The van der Waals surface area contributed by atoms with E-state index in [1.807, 2.05) is 11.9 Å². The van der Waals surface area contributed by atoms with E-state index in [0.717, 1.165) is 19.4 Å². The summed E-state index contributed by atoms with van der Waals surface area (Å²) in [6.07, 6.45) is -2.65. The standard InChI is InChI=1S/C17H32N2O6S/c1-5-9-6-10(19(3)7-9)16(24)18-11(8(2)20)15-13(22)12(21)14(23)17(25-15)26-4/h8-15,17,20-23H,5-7H2,1-4H3,(H,18,24)/t8-,9-,10+,11-,12?,13?,14?,15?,17?/m1/s1. The largest absolute Gasteiger partial charge is 0.391 e. The molecule has 8 nitrogen and oxygen atoms in total. The maximum absolute atomic E-state index is 12.8. The third kappa shape index (κ3) is 4.52. The lowest BCUT2D eigenvalue weighted by molar-refractivity contribution is -0.211. The van der Waals surface area contributed by atoms with Crippen molar-refractivity contribution in [2.45, 2.75) is 74.7 Å². The lowest BCUT2D eigenvalue weighted by atomic mass is 9.92. The molecule has 2 aliphatic heterocycles. The Morgan fingerprint density at radius 2 is 1.96 bits per heavy atom. The normalized spacial score (nSPS) is 41.0. The predicted octanol–water partition coefficient (Wildman–Crippen LogP) is -1.25. The van der Waals surface area contributed by atoms with Crippen LogP contribution in [0.2, 0.25) is 0 Å². The second-order valence-electron chi connectivity index (χ2n) is 7.42. The number of carbonyl (C=O) groups excluding carboxylic acids is 1. The van der Waals surface area contributed by atoms with Crippen molar-refractivity contribution in [3.63, 3.8) is 0 Å². The fraction of sp³-hybridized carbons (Fsp3) is 0.941. The lowest BCUT2D eigenvalue weighted by Crippen LogP contribution is -2.65. The number of nitrogens with one attached hydrogen (secondary N) is 1. The van der Waals surface area contributed by atoms with E-state index < -0.39 is 42.0 Å². The van der Waals surface area contributed by atoms with Crippen LogP contribution in [0, 0.1) is 5.92 Å². The Labute approximate surface area is 158 Å². The highest BCUT2D eigenvalue weighted by molar-refractivity contribution is 7.99. The van der Waals surface area contributed by atoms with Gasteiger partial charge in [-0.1, -0.05) is 13.3 Å². The number of thioether (sulfide) groups is 1. The summed E-state index contributed by atoms with van der Waals surface area (Å²) in [5, 5.41) is 43.4. The Balaban J connectivity index is 2.11. The first-order chi connectivity index (χ1) is 12.2. The molecule has 0 spiro atoms. The number of carbonyl (C=O) groups is 1. The first kappa shape index (κ1) is 21.9. The minimum absolute atomic E-state index is 0.230. The van der Waals surface area contributed by atoms with E-state index in [-0.39, 0.29) is 11.9 Å². The number of hydrogen-bond acceptors (Lipinski definition) is 8. The van der Waals surface area contributed by atoms with E-state index in [2.05, 4.69) is 12.2 Å². The van der Waals surface area contributed by atoms with Crippen LogP contribution in [0.1, 0.15) is 26.7 Å². The van der Waals surface area contributed by atoms with Gasteiger partial charge in [-0.2, -0.15) is 0 Å². The molecule has 0 aliphatic carbocycles. The molecule has 2 saturated heterocycles. The minimum Gasteiger partial charge on any atom is -0.391 e. The zero-order valence-corrected chi connectivity index (χ0v) is 16.6. The average molecular weight is 393 g/mol. The van der Waals surface area contributed by atoms with Gasteiger partial charge in [-0.15, -0.1) is 11.8 Å². The molecule has 0 aromatic rings. The summed E-state index contributed by atoms with van der Waals surface area (Å²) in [4.78, 5) is 14.8. The van der Waals surface area contributed by atoms with Gasteiger partial charge in [-0.3, -0.25) is 9.69 Å². The van der Waals surface area contributed by atoms with Crippen LogP contribution in [-0.4, -0.2) is 99.1 Å². The Bertz CT molecular complexity index is 480. The number of amides is 1. The van der Waals surface area contributed by atoms with Gasteiger partial charge in [0.1, 0.15) is 29.9 Å². The van der Waals surface area contributed by atoms with Crippen molar-refractivity contribution in [1.29, 1.82) is 0 Å². The topological polar surface area (TPSA) is 122 Å². The molecule has 9 heteroatoms. The van der Waals surface area contributed by atoms with Gasteiger partial charge in [-0.05, 0) is 32.6 Å². The number of aliphatic hydroxyl groups excluding tert-OH is 4. The fourth-order valence-electron chi connectivity index (χ4n) is 3.81. The van der Waals surface area contributed by atoms with Gasteiger partial charge in [0, 0.05) is 6.54 Å². The van der Waals surface area contributed by atoms with Gasteiger partial charge in [0.05, 0.1) is 18.2 Å². The molecule has 5 N–H and O–H groups in total. The summed E-state index contributed by atoms with van der Waals surface area (Å²) in [6.45, 7) is 4.44. The molecular weight excluding hydrogens is 360 g/mol. The summed E-state index contributed by atoms with van der Waals surface area (Å²) in [5.41, 5.74) is -0.754. The third-order valence-corrected chi connectivity index (χ3v) is 6.39. The zero-order valence-electron chi connectivity index (χ0n) is 15.8. The van der Waals surface area contributed by atoms with E-state index in [0.29, 0.717) is 5.92 Å². The molecule has 0 aromatic carbocycles. The van der Waals surface area contributed by atoms with Gasteiger partial charge in [0.25, 0.3) is 0 Å². The molecule has 2 heterocycles. The van der Waals surface area contributed by atoms with Crippen molar-refractivity contribution in [2.24, 2.45) is 5.92 Å². The quantitative estimate of drug-likeness (QED) is 0.380. The van der Waals surface area contributed by atoms with E-state index in [9.17, 15) is 25.2 Å². The molecule has 0 saturated carbocycles. The lowest BCUT2D eigenvalue weighted by Gasteiger charge is -2.44. The molecular formula is C17H32N2O6S. The number of likely N-dealkylation sites (N-methyl/N-ethyl adjacent to an activating group) is 1. The number of likely N-dealkylation sites (tertiary alicyclic amines) is 1. The van der Waals surface area contributed by atoms with E-state index >= 15 is 0 Å². The molecule has 5 unspecified atom stereocenters. The van der Waals surface area contributed by atoms with Crippen molar-refractivity contribution in [2.75, 3.05) is 19.8 Å². The first-order valence-electron chi connectivity index (χ1n) is 9.12. The molecule has 0 radical (unpaired) electrons. The summed E-state index contributed by atoms with van der Waals surface area (Å²) in [5.74, 6) is 0.224. The van der Waals surface area contributed by atoms with Gasteiger partial charge in [0.2, 0.25) is 5.91 Å². The van der Waals surface area contributed by atoms with Crippen LogP contribution in [0.25, 0.3) is 0 Å². The molecule has 1 amide bonds. The Morgan fingerprint density at radius 3 is 2.46 bits per heavy atom. The number of hydrogen-bond donors (Lipinski definition) is 5. The van der Waals surface area contributed by atoms with Crippen LogP contribution in [0.15, 0.2) is 0 Å². The molecule has 26 heavy (non-hydrogen) atoms. The van der Waals surface area contributed by atoms with Gasteiger partial charge >= 0.3 is 0 Å². The Kier molecular flexibility index (Phi) is 7.73. The van der Waals surface area contributed by atoms with Gasteiger partial charge < -0.3 is 30.5 Å². The van der Waals surface area contributed by atoms with Gasteiger partial charge in [-0.25, -0.2) is 0 Å². The second-order valence-corrected chi connectivity index (χ2v) is 8.35. The second kappa shape index (κ2) is 9.18. The summed E-state index contributed by atoms with van der Waals surface area (Å²) >= 11 is 1.19. The average Bonchev–Trinajstić information content (AvgIpc) is 2.99. The summed E-state index contributed by atoms with van der Waals surface area (Å²) < 4.78 is 5.70. The molecule has 152 valence electrons. The minimum atomic E-state index is -1.42. The van der Waals surface area contributed by atoms with Crippen molar-refractivity contribution < 1.29 is 30.0 Å². The van der Waals surface area contributed by atoms with Crippen molar-refractivity contribution in [3.05, 3.63) is 0 Å². The number of nitrogens with zero attached hydrogens (tertiary/aromatic N) is 1. The monoisotopic (exact) mass is 392 g/mol. The molecule has 0 aromatic heterocycles. The highest BCUT2D eigenvalue weighted by Gasteiger charge is 2.48. The molecule has 0 bridgehead atoms. The fourth-order valence-corrected chi connectivity index (χ4v) is 4.49. The SMILES string of the molecule is CC[C@@H]1C[C@@H](C(=O)N[C@@H](C2OC(SC)C(O)C(O)C2O)[C@@H](C)O)N(C)C1. The van der Waals surface area contributed by atoms with Crippen LogP contribution in [0.3, 0.4) is 0 Å². The molecule has 2 fully saturated rings. The predicted molar refractivity (Wildman–Crippen MR) is 98.6 cm³/mol. The third-order valence-electron chi connectivity index (χ3n) is 5.54. The van der Waals surface area contributed by atoms with Crippen molar-refractivity contribution in [1.82, 2.24) is 10.2 Å². The van der Waals surface area contributed by atoms with Crippen LogP contribution in [0.5, 0.6) is 0 Å². The maximum Gasteiger partial charge on any atom is 0.237 e. The number of rotatable bonds is 6. The van der Waals surface area contributed by atoms with E-state index in [1.165, 1.54) is 18.7 Å². The first-order valence-corrected chi connectivity index (χ1v) is 10.4. The van der Waals surface area contributed by atoms with Crippen LogP contribution in [-0.2, 0) is 9.53 Å². The van der Waals surface area contributed by atoms with Crippen molar-refractivity contribution >= 4 is 17.7 Å². The smallest absolute Gasteiger partial charge is 0.237 e. The van der Waals surface area contributed by atoms with Crippen molar-refractivity contribution in [3.8, 4) is 0 Å². The van der Waals surface area contributed by atoms with E-state index in [1.54, 1.807) is 6.26 Å². The van der Waals surface area contributed by atoms with Gasteiger partial charge in [0.15, 0.2) is 0 Å². The summed E-state index contributed by atoms with van der Waals surface area (Å²) in [7, 11) is 1.90. The zero-order chi connectivity index (χ0) is 19.6. The molecule has 9 atom stereocenters. The number of aliphatic hydroxyl groups is 4. The maximum atomic E-state index is 12.8. The Hall–Kier alpha value is -0.420. The number of ether oxygens (including phenoxy) is 1. The highest BCUT2D eigenvalue weighted by Crippen LogP contribution is 2.30. The Morgan fingerprint density at radius 1 is 1.31 bits per heavy atom. The van der Waals surface area contributed by atoms with Crippen LogP contribution < -0.4 is 5.32 Å². The molecule has 2 rings (SSSR count). The summed E-state index contributed by atoms with van der Waals surface area (Å²) in [6, 6.07) is -1.20. The van der Waals surface area contributed by atoms with E-state index in [4.69, 9.17) is 4.74 Å². The highest BCUT2D eigenvalue weighted by atomic mass is 32.2. The van der Waals surface area contributed by atoms with Crippen LogP contribution in [0.4, 0.5) is 0 Å².